The first-order chi connectivity index (χ1) is 18.7. The van der Waals surface area contributed by atoms with E-state index in [1.54, 1.807) is 18.1 Å². The fraction of sp³-hybridized carbons (Fsp3) is 0.759. The summed E-state index contributed by atoms with van der Waals surface area (Å²) in [6.07, 6.45) is 4.87. The minimum Gasteiger partial charge on any atom is -0.405 e. The van der Waals surface area contributed by atoms with Crippen molar-refractivity contribution in [3.63, 3.8) is 0 Å². The molecule has 0 spiro atoms. The van der Waals surface area contributed by atoms with Gasteiger partial charge in [-0.3, -0.25) is 0 Å². The summed E-state index contributed by atoms with van der Waals surface area (Å²) >= 11 is 0. The Morgan fingerprint density at radius 3 is 2.56 bits per heavy atom. The van der Waals surface area contributed by atoms with Crippen LogP contribution in [-0.4, -0.2) is 68.8 Å². The molecule has 2 fully saturated rings. The lowest BCUT2D eigenvalue weighted by molar-refractivity contribution is -0.275. The lowest BCUT2D eigenvalue weighted by atomic mass is 9.73. The summed E-state index contributed by atoms with van der Waals surface area (Å²) in [5, 5.41) is 18.5. The van der Waals surface area contributed by atoms with Gasteiger partial charge in [-0.25, -0.2) is 4.79 Å². The monoisotopic (exact) mass is 557 g/mol. The number of benzene rings is 1. The largest absolute Gasteiger partial charge is 0.573 e. The molecule has 2 amide bonds. The van der Waals surface area contributed by atoms with Gasteiger partial charge >= 0.3 is 12.4 Å². The van der Waals surface area contributed by atoms with Crippen LogP contribution in [0.4, 0.5) is 18.0 Å². The number of ether oxygens (including phenoxy) is 2. The Morgan fingerprint density at radius 2 is 1.87 bits per heavy atom. The summed E-state index contributed by atoms with van der Waals surface area (Å²) in [6.45, 7) is 1.95. The van der Waals surface area contributed by atoms with Crippen molar-refractivity contribution in [3.8, 4) is 5.75 Å². The van der Waals surface area contributed by atoms with E-state index in [9.17, 15) is 23.1 Å². The molecule has 222 valence electrons. The number of nitrogens with one attached hydrogen (secondary N) is 2. The molecule has 2 aliphatic rings. The number of halogens is 3. The third-order valence-electron chi connectivity index (χ3n) is 8.24. The van der Waals surface area contributed by atoms with Gasteiger partial charge in [-0.05, 0) is 57.6 Å². The molecule has 39 heavy (non-hydrogen) atoms. The summed E-state index contributed by atoms with van der Waals surface area (Å²) in [5.74, 6) is -0.241. The average Bonchev–Trinajstić information content (AvgIpc) is 2.91. The average molecular weight is 558 g/mol. The minimum atomic E-state index is -4.88. The highest BCUT2D eigenvalue weighted by molar-refractivity contribution is 5.74. The molecule has 1 aromatic carbocycles. The van der Waals surface area contributed by atoms with Crippen molar-refractivity contribution in [1.82, 2.24) is 15.5 Å². The highest BCUT2D eigenvalue weighted by Crippen LogP contribution is 2.44. The zero-order valence-corrected chi connectivity index (χ0v) is 23.4. The number of alkyl halides is 3. The molecule has 3 atom stereocenters. The number of aliphatic hydroxyl groups is 1. The number of hydrogen-bond donors (Lipinski definition) is 3. The molecule has 1 heterocycles. The highest BCUT2D eigenvalue weighted by Gasteiger charge is 2.44. The van der Waals surface area contributed by atoms with Crippen LogP contribution in [0.5, 0.6) is 5.75 Å². The van der Waals surface area contributed by atoms with E-state index in [1.807, 2.05) is 7.05 Å². The van der Waals surface area contributed by atoms with Gasteiger partial charge in [0.05, 0.1) is 5.60 Å². The Kier molecular flexibility index (Phi) is 12.2. The van der Waals surface area contributed by atoms with Crippen LogP contribution in [0.3, 0.4) is 0 Å². The first-order valence-corrected chi connectivity index (χ1v) is 14.4. The van der Waals surface area contributed by atoms with Crippen LogP contribution >= 0.6 is 0 Å². The SMILES string of the molecule is CNC[C@H](CC1CCCCC1)NC(=O)N1CCC[C@@H]([C@@](O)(CCCCOC)c2ccccc2OC(F)(F)F)C1. The highest BCUT2D eigenvalue weighted by atomic mass is 19.4. The van der Waals surface area contributed by atoms with Crippen LogP contribution in [0.2, 0.25) is 0 Å². The number of hydrogen-bond acceptors (Lipinski definition) is 5. The van der Waals surface area contributed by atoms with Crippen molar-refractivity contribution in [1.29, 1.82) is 0 Å². The number of para-hydroxylation sites is 1. The first kappa shape index (κ1) is 31.5. The maximum Gasteiger partial charge on any atom is 0.573 e. The number of carbonyl (C=O) groups is 1. The number of rotatable bonds is 13. The van der Waals surface area contributed by atoms with E-state index in [1.165, 1.54) is 50.3 Å². The molecule has 7 nitrogen and oxygen atoms in total. The van der Waals surface area contributed by atoms with Crippen LogP contribution in [0.15, 0.2) is 24.3 Å². The van der Waals surface area contributed by atoms with Gasteiger partial charge in [-0.2, -0.15) is 0 Å². The Bertz CT molecular complexity index is 882. The zero-order valence-electron chi connectivity index (χ0n) is 23.4. The van der Waals surface area contributed by atoms with Crippen LogP contribution in [-0.2, 0) is 10.3 Å². The smallest absolute Gasteiger partial charge is 0.405 e. The standard InChI is InChI=1S/C29H46F3N3O4/c1-33-20-24(19-22-11-4-3-5-12-22)34-27(36)35-17-10-13-23(21-35)28(37,16-8-9-18-38-2)25-14-6-7-15-26(25)39-29(30,31)32/h6-7,14-15,22-24,33,37H,3-5,8-13,16-21H2,1-2H3,(H,34,36)/t23-,24+,28+/m1/s1. The number of methoxy groups -OCH3 is 1. The molecular weight excluding hydrogens is 511 g/mol. The van der Waals surface area contributed by atoms with Gasteiger partial charge in [0, 0.05) is 50.9 Å². The van der Waals surface area contributed by atoms with Crippen molar-refractivity contribution in [3.05, 3.63) is 29.8 Å². The van der Waals surface area contributed by atoms with Crippen LogP contribution in [0, 0.1) is 11.8 Å². The van der Waals surface area contributed by atoms with Crippen molar-refractivity contribution in [2.75, 3.05) is 40.4 Å². The summed E-state index contributed by atoms with van der Waals surface area (Å²) < 4.78 is 49.2. The minimum absolute atomic E-state index is 0.000171. The predicted octanol–water partition coefficient (Wildman–Crippen LogP) is 5.57. The van der Waals surface area contributed by atoms with Gasteiger partial charge in [0.15, 0.2) is 0 Å². The maximum atomic E-state index is 13.4. The van der Waals surface area contributed by atoms with Gasteiger partial charge in [-0.15, -0.1) is 13.2 Å². The van der Waals surface area contributed by atoms with Crippen LogP contribution < -0.4 is 15.4 Å². The van der Waals surface area contributed by atoms with E-state index in [2.05, 4.69) is 15.4 Å². The van der Waals surface area contributed by atoms with Crippen molar-refractivity contribution >= 4 is 6.03 Å². The number of carbonyl (C=O) groups excluding carboxylic acids is 1. The molecule has 0 aromatic heterocycles. The molecule has 3 rings (SSSR count). The number of unbranched alkanes of at least 4 members (excludes halogenated alkanes) is 1. The second-order valence-corrected chi connectivity index (χ2v) is 11.1. The number of nitrogens with zero attached hydrogens (tertiary/aromatic N) is 1. The first-order valence-electron chi connectivity index (χ1n) is 14.4. The molecular formula is C29H46F3N3O4. The molecule has 1 aromatic rings. The molecule has 10 heteroatoms. The molecule has 0 unspecified atom stereocenters. The molecule has 1 aliphatic heterocycles. The Balaban J connectivity index is 1.77. The third-order valence-corrected chi connectivity index (χ3v) is 8.24. The van der Waals surface area contributed by atoms with Crippen molar-refractivity contribution in [2.24, 2.45) is 11.8 Å². The van der Waals surface area contributed by atoms with E-state index in [0.717, 1.165) is 6.42 Å². The lowest BCUT2D eigenvalue weighted by Gasteiger charge is -2.43. The summed E-state index contributed by atoms with van der Waals surface area (Å²) in [6, 6.07) is 5.63. The molecule has 3 N–H and O–H groups in total. The molecule has 0 bridgehead atoms. The molecule has 1 saturated carbocycles. The quantitative estimate of drug-likeness (QED) is 0.276. The van der Waals surface area contributed by atoms with Crippen LogP contribution in [0.1, 0.15) is 76.2 Å². The zero-order chi connectivity index (χ0) is 28.3. The molecule has 1 aliphatic carbocycles. The Morgan fingerprint density at radius 1 is 1.13 bits per heavy atom. The molecule has 1 saturated heterocycles. The van der Waals surface area contributed by atoms with Gasteiger partial charge in [-0.1, -0.05) is 50.3 Å². The summed E-state index contributed by atoms with van der Waals surface area (Å²) in [5.41, 5.74) is -1.49. The number of amides is 2. The fourth-order valence-electron chi connectivity index (χ4n) is 6.32. The van der Waals surface area contributed by atoms with E-state index >= 15 is 0 Å². The van der Waals surface area contributed by atoms with E-state index in [4.69, 9.17) is 4.74 Å². The third kappa shape index (κ3) is 9.53. The second kappa shape index (κ2) is 15.1. The summed E-state index contributed by atoms with van der Waals surface area (Å²) in [4.78, 5) is 15.1. The summed E-state index contributed by atoms with van der Waals surface area (Å²) in [7, 11) is 3.47. The number of urea groups is 1. The lowest BCUT2D eigenvalue weighted by Crippen LogP contribution is -2.54. The van der Waals surface area contributed by atoms with E-state index in [0.29, 0.717) is 51.3 Å². The second-order valence-electron chi connectivity index (χ2n) is 11.1. The van der Waals surface area contributed by atoms with E-state index in [-0.39, 0.29) is 30.6 Å². The fourth-order valence-corrected chi connectivity index (χ4v) is 6.32. The number of likely N-dealkylation sites (tertiary alicyclic amines) is 1. The normalized spacial score (nSPS) is 21.3. The number of likely N-dealkylation sites (N-methyl/N-ethyl adjacent to an activating group) is 1. The van der Waals surface area contributed by atoms with E-state index < -0.39 is 23.6 Å². The van der Waals surface area contributed by atoms with Gasteiger partial charge in [0.25, 0.3) is 0 Å². The number of piperidine rings is 1. The predicted molar refractivity (Wildman–Crippen MR) is 144 cm³/mol. The van der Waals surface area contributed by atoms with Crippen molar-refractivity contribution in [2.45, 2.75) is 88.6 Å². The van der Waals surface area contributed by atoms with Gasteiger partial charge < -0.3 is 30.1 Å². The van der Waals surface area contributed by atoms with Gasteiger partial charge in [0.1, 0.15) is 5.75 Å². The topological polar surface area (TPSA) is 83.1 Å². The van der Waals surface area contributed by atoms with Crippen molar-refractivity contribution < 1.29 is 32.5 Å². The maximum absolute atomic E-state index is 13.4. The Hall–Kier alpha value is -2.04. The Labute approximate surface area is 230 Å². The molecule has 0 radical (unpaired) electrons. The van der Waals surface area contributed by atoms with Crippen LogP contribution in [0.25, 0.3) is 0 Å². The van der Waals surface area contributed by atoms with Gasteiger partial charge in [0.2, 0.25) is 0 Å².